The second-order valence-electron chi connectivity index (χ2n) is 6.86. The van der Waals surface area contributed by atoms with Gasteiger partial charge in [0.05, 0.1) is 11.6 Å². The minimum absolute atomic E-state index is 0.0938. The highest BCUT2D eigenvalue weighted by molar-refractivity contribution is 5.90. The molecule has 1 heterocycles. The van der Waals surface area contributed by atoms with Crippen LogP contribution in [0.3, 0.4) is 0 Å². The Morgan fingerprint density at radius 3 is 2.76 bits per heavy atom. The average molecular weight is 289 g/mol. The van der Waals surface area contributed by atoms with Crippen molar-refractivity contribution >= 4 is 5.97 Å². The normalized spacial score (nSPS) is 25.0. The summed E-state index contributed by atoms with van der Waals surface area (Å²) < 4.78 is 0. The molecule has 0 saturated carbocycles. The first-order chi connectivity index (χ1) is 9.86. The Hall–Kier alpha value is -1.51. The first kappa shape index (κ1) is 15.9. The summed E-state index contributed by atoms with van der Waals surface area (Å²) in [6.45, 7) is 9.92. The molecule has 0 bridgehead atoms. The lowest BCUT2D eigenvalue weighted by molar-refractivity contribution is -0.132. The summed E-state index contributed by atoms with van der Waals surface area (Å²) in [4.78, 5) is 13.6. The van der Waals surface area contributed by atoms with Gasteiger partial charge in [0.2, 0.25) is 0 Å². The van der Waals surface area contributed by atoms with Gasteiger partial charge in [0.1, 0.15) is 0 Å². The topological polar surface area (TPSA) is 40.5 Å². The maximum atomic E-state index is 11.3. The van der Waals surface area contributed by atoms with Gasteiger partial charge in [-0.3, -0.25) is 0 Å². The van der Waals surface area contributed by atoms with Crippen LogP contribution in [0.25, 0.3) is 0 Å². The predicted octanol–water partition coefficient (Wildman–Crippen LogP) is 4.13. The van der Waals surface area contributed by atoms with Crippen LogP contribution in [0.5, 0.6) is 0 Å². The molecule has 0 aromatic heterocycles. The summed E-state index contributed by atoms with van der Waals surface area (Å²) in [7, 11) is 0. The van der Waals surface area contributed by atoms with Gasteiger partial charge in [0.15, 0.2) is 0 Å². The van der Waals surface area contributed by atoms with Crippen LogP contribution < -0.4 is 0 Å². The van der Waals surface area contributed by atoms with Gasteiger partial charge in [-0.05, 0) is 55.7 Å². The van der Waals surface area contributed by atoms with Crippen molar-refractivity contribution in [3.05, 3.63) is 35.1 Å². The van der Waals surface area contributed by atoms with Crippen LogP contribution in [0, 0.1) is 5.41 Å². The lowest BCUT2D eigenvalue weighted by Gasteiger charge is -2.43. The van der Waals surface area contributed by atoms with Crippen LogP contribution in [0.15, 0.2) is 35.1 Å². The number of carboxylic acids is 1. The summed E-state index contributed by atoms with van der Waals surface area (Å²) >= 11 is 0. The zero-order valence-electron chi connectivity index (χ0n) is 13.6. The van der Waals surface area contributed by atoms with Gasteiger partial charge in [0, 0.05) is 12.7 Å². The van der Waals surface area contributed by atoms with Crippen molar-refractivity contribution in [3.8, 4) is 0 Å². The molecule has 2 aliphatic rings. The molecule has 1 aliphatic heterocycles. The van der Waals surface area contributed by atoms with Crippen molar-refractivity contribution in [1.82, 2.24) is 4.90 Å². The number of aliphatic carboxylic acids is 1. The molecule has 1 aliphatic carbocycles. The average Bonchev–Trinajstić information content (AvgIpc) is 2.39. The third-order valence-corrected chi connectivity index (χ3v) is 4.71. The largest absolute Gasteiger partial charge is 0.478 e. The number of nitrogens with zero attached hydrogens (tertiary/aromatic N) is 1. The molecule has 0 spiro atoms. The predicted molar refractivity (Wildman–Crippen MR) is 86.0 cm³/mol. The van der Waals surface area contributed by atoms with Crippen LogP contribution in [-0.4, -0.2) is 28.6 Å². The maximum absolute atomic E-state index is 11.3. The third kappa shape index (κ3) is 3.22. The molecular formula is C18H27NO2. The lowest BCUT2D eigenvalue weighted by Crippen LogP contribution is -2.40. The van der Waals surface area contributed by atoms with Crippen molar-refractivity contribution in [3.63, 3.8) is 0 Å². The van der Waals surface area contributed by atoms with Gasteiger partial charge in [-0.2, -0.15) is 0 Å². The van der Waals surface area contributed by atoms with E-state index in [1.807, 2.05) is 12.3 Å². The van der Waals surface area contributed by atoms with E-state index in [9.17, 15) is 9.90 Å². The molecule has 2 rings (SSSR count). The Balaban J connectivity index is 2.45. The maximum Gasteiger partial charge on any atom is 0.335 e. The summed E-state index contributed by atoms with van der Waals surface area (Å²) in [5.74, 6) is -0.834. The van der Waals surface area contributed by atoms with Crippen molar-refractivity contribution in [2.24, 2.45) is 5.41 Å². The van der Waals surface area contributed by atoms with E-state index in [1.165, 1.54) is 24.0 Å². The highest BCUT2D eigenvalue weighted by Gasteiger charge is 2.35. The van der Waals surface area contributed by atoms with Gasteiger partial charge < -0.3 is 10.0 Å². The van der Waals surface area contributed by atoms with Gasteiger partial charge in [-0.25, -0.2) is 4.79 Å². The van der Waals surface area contributed by atoms with Crippen LogP contribution in [0.4, 0.5) is 0 Å². The molecular weight excluding hydrogens is 262 g/mol. The fourth-order valence-corrected chi connectivity index (χ4v) is 3.75. The third-order valence-electron chi connectivity index (χ3n) is 4.71. The molecule has 116 valence electrons. The smallest absolute Gasteiger partial charge is 0.335 e. The SMILES string of the molecule is CCCN1C=CC(C(=O)O)=CC1C1=C(C)CCCC1(C)C. The van der Waals surface area contributed by atoms with Crippen LogP contribution in [-0.2, 0) is 4.79 Å². The van der Waals surface area contributed by atoms with Crippen molar-refractivity contribution < 1.29 is 9.90 Å². The molecule has 0 radical (unpaired) electrons. The van der Waals surface area contributed by atoms with E-state index < -0.39 is 5.97 Å². The van der Waals surface area contributed by atoms with Crippen LogP contribution >= 0.6 is 0 Å². The standard InChI is InChI=1S/C18H27NO2/c1-5-10-19-11-8-14(17(20)21)12-15(19)16-13(2)7-6-9-18(16,3)4/h8,11-12,15H,5-7,9-10H2,1-4H3,(H,20,21). The van der Waals surface area contributed by atoms with E-state index in [-0.39, 0.29) is 11.5 Å². The number of carbonyl (C=O) groups is 1. The number of hydrogen-bond donors (Lipinski definition) is 1. The molecule has 3 heteroatoms. The van der Waals surface area contributed by atoms with Gasteiger partial charge in [0.25, 0.3) is 0 Å². The lowest BCUT2D eigenvalue weighted by atomic mass is 9.69. The Bertz CT molecular complexity index is 511. The number of allylic oxidation sites excluding steroid dienone is 1. The molecule has 3 nitrogen and oxygen atoms in total. The summed E-state index contributed by atoms with van der Waals surface area (Å²) in [5, 5.41) is 9.31. The zero-order valence-corrected chi connectivity index (χ0v) is 13.6. The fourth-order valence-electron chi connectivity index (χ4n) is 3.75. The monoisotopic (exact) mass is 289 g/mol. The molecule has 21 heavy (non-hydrogen) atoms. The van der Waals surface area contributed by atoms with Gasteiger partial charge >= 0.3 is 5.97 Å². The Morgan fingerprint density at radius 2 is 2.19 bits per heavy atom. The van der Waals surface area contributed by atoms with E-state index in [2.05, 4.69) is 32.6 Å². The van der Waals surface area contributed by atoms with E-state index in [4.69, 9.17) is 0 Å². The number of carboxylic acid groups (broad SMARTS) is 1. The quantitative estimate of drug-likeness (QED) is 0.791. The van der Waals surface area contributed by atoms with E-state index in [1.54, 1.807) is 6.08 Å². The fraction of sp³-hybridized carbons (Fsp3) is 0.611. The summed E-state index contributed by atoms with van der Waals surface area (Å²) in [5.41, 5.74) is 3.41. The van der Waals surface area contributed by atoms with E-state index >= 15 is 0 Å². The number of hydrogen-bond acceptors (Lipinski definition) is 2. The summed E-state index contributed by atoms with van der Waals surface area (Å²) in [6.07, 6.45) is 10.2. The highest BCUT2D eigenvalue weighted by atomic mass is 16.4. The molecule has 0 amide bonds. The molecule has 1 N–H and O–H groups in total. The highest BCUT2D eigenvalue weighted by Crippen LogP contribution is 2.44. The van der Waals surface area contributed by atoms with E-state index in [0.29, 0.717) is 5.57 Å². The molecule has 0 aromatic rings. The number of rotatable bonds is 4. The Labute approximate surface area is 128 Å². The van der Waals surface area contributed by atoms with Crippen LogP contribution in [0.2, 0.25) is 0 Å². The Morgan fingerprint density at radius 1 is 1.48 bits per heavy atom. The molecule has 0 saturated heterocycles. The Kier molecular flexibility index (Phi) is 4.60. The molecule has 0 aromatic carbocycles. The summed E-state index contributed by atoms with van der Waals surface area (Å²) in [6, 6.07) is 0.0938. The minimum Gasteiger partial charge on any atom is -0.478 e. The molecule has 0 fully saturated rings. The van der Waals surface area contributed by atoms with Crippen molar-refractivity contribution in [2.75, 3.05) is 6.54 Å². The zero-order chi connectivity index (χ0) is 15.6. The first-order valence-electron chi connectivity index (χ1n) is 7.96. The second kappa shape index (κ2) is 6.08. The molecule has 1 unspecified atom stereocenters. The minimum atomic E-state index is -0.834. The van der Waals surface area contributed by atoms with Crippen LogP contribution in [0.1, 0.15) is 53.4 Å². The van der Waals surface area contributed by atoms with Gasteiger partial charge in [-0.1, -0.05) is 26.3 Å². The van der Waals surface area contributed by atoms with Crippen molar-refractivity contribution in [2.45, 2.75) is 59.4 Å². The van der Waals surface area contributed by atoms with Gasteiger partial charge in [-0.15, -0.1) is 0 Å². The second-order valence-corrected chi connectivity index (χ2v) is 6.86. The van der Waals surface area contributed by atoms with E-state index in [0.717, 1.165) is 19.4 Å². The van der Waals surface area contributed by atoms with Crippen molar-refractivity contribution in [1.29, 1.82) is 0 Å². The first-order valence-corrected chi connectivity index (χ1v) is 7.96. The molecule has 1 atom stereocenters.